The number of carbonyl (C=O) groups excluding carboxylic acids is 1. The van der Waals surface area contributed by atoms with Crippen LogP contribution >= 0.6 is 15.9 Å². The van der Waals surface area contributed by atoms with Crippen LogP contribution in [0, 0.1) is 6.92 Å². The van der Waals surface area contributed by atoms with E-state index in [1.165, 1.54) is 0 Å². The molecule has 88 valence electrons. The molecule has 0 N–H and O–H groups in total. The number of nitrogens with zero attached hydrogens (tertiary/aromatic N) is 2. The maximum Gasteiger partial charge on any atom is 0.187 e. The van der Waals surface area contributed by atoms with Crippen LogP contribution in [0.15, 0.2) is 41.0 Å². The molecule has 1 unspecified atom stereocenters. The molecule has 0 aliphatic heterocycles. The van der Waals surface area contributed by atoms with Crippen molar-refractivity contribution in [3.05, 3.63) is 52.3 Å². The molecule has 1 heterocycles. The highest BCUT2D eigenvalue weighted by atomic mass is 79.9. The minimum Gasteiger partial charge on any atom is -0.292 e. The maximum atomic E-state index is 12.2. The second-order valence-corrected chi connectivity index (χ2v) is 4.90. The minimum absolute atomic E-state index is 0.0700. The first-order valence-electron chi connectivity index (χ1n) is 5.39. The normalized spacial score (nSPS) is 12.4. The number of ketones is 1. The molecule has 0 spiro atoms. The predicted molar refractivity (Wildman–Crippen MR) is 70.1 cm³/mol. The molecule has 1 aromatic carbocycles. The van der Waals surface area contributed by atoms with Crippen molar-refractivity contribution in [3.8, 4) is 0 Å². The largest absolute Gasteiger partial charge is 0.292 e. The first-order chi connectivity index (χ1) is 8.08. The fourth-order valence-electron chi connectivity index (χ4n) is 1.62. The number of carbonyl (C=O) groups is 1. The highest BCUT2D eigenvalue weighted by Gasteiger charge is 2.17. The Labute approximate surface area is 109 Å². The number of aryl methyl sites for hydroxylation is 1. The van der Waals surface area contributed by atoms with E-state index in [4.69, 9.17) is 0 Å². The van der Waals surface area contributed by atoms with Gasteiger partial charge in [0, 0.05) is 16.2 Å². The van der Waals surface area contributed by atoms with E-state index in [-0.39, 0.29) is 11.8 Å². The average molecular weight is 293 g/mol. The summed E-state index contributed by atoms with van der Waals surface area (Å²) >= 11 is 3.35. The van der Waals surface area contributed by atoms with Gasteiger partial charge in [0.15, 0.2) is 5.78 Å². The highest BCUT2D eigenvalue weighted by Crippen LogP contribution is 2.16. The molecule has 2 aromatic rings. The predicted octanol–water partition coefficient (Wildman–Crippen LogP) is 3.40. The molecule has 0 saturated heterocycles. The van der Waals surface area contributed by atoms with Gasteiger partial charge in [0.2, 0.25) is 0 Å². The number of aromatic nitrogens is 2. The summed E-state index contributed by atoms with van der Waals surface area (Å²) in [5.41, 5.74) is 1.62. The molecule has 2 rings (SSSR count). The van der Waals surface area contributed by atoms with Crippen LogP contribution in [-0.4, -0.2) is 15.6 Å². The van der Waals surface area contributed by atoms with Crippen LogP contribution in [0.1, 0.15) is 29.0 Å². The summed E-state index contributed by atoms with van der Waals surface area (Å²) < 4.78 is 2.66. The van der Waals surface area contributed by atoms with E-state index in [2.05, 4.69) is 21.0 Å². The lowest BCUT2D eigenvalue weighted by atomic mass is 10.1. The van der Waals surface area contributed by atoms with Gasteiger partial charge in [-0.1, -0.05) is 28.1 Å². The van der Waals surface area contributed by atoms with Gasteiger partial charge in [-0.15, -0.1) is 0 Å². The molecule has 0 amide bonds. The maximum absolute atomic E-state index is 12.2. The van der Waals surface area contributed by atoms with Crippen molar-refractivity contribution >= 4 is 21.7 Å². The Morgan fingerprint density at radius 1 is 1.29 bits per heavy atom. The standard InChI is InChI=1S/C13H13BrN2O/c1-9-7-8-16(15-9)10(2)13(17)11-3-5-12(14)6-4-11/h3-8,10H,1-2H3. The Balaban J connectivity index is 2.23. The van der Waals surface area contributed by atoms with Crippen molar-refractivity contribution in [2.24, 2.45) is 0 Å². The molecule has 0 aliphatic rings. The third-order valence-corrected chi connectivity index (χ3v) is 3.18. The molecule has 17 heavy (non-hydrogen) atoms. The van der Waals surface area contributed by atoms with Crippen LogP contribution in [0.25, 0.3) is 0 Å². The number of benzene rings is 1. The molecule has 3 nitrogen and oxygen atoms in total. The lowest BCUT2D eigenvalue weighted by Crippen LogP contribution is -2.17. The quantitative estimate of drug-likeness (QED) is 0.813. The molecule has 0 radical (unpaired) electrons. The minimum atomic E-state index is -0.273. The second kappa shape index (κ2) is 4.84. The second-order valence-electron chi connectivity index (χ2n) is 3.98. The summed E-state index contributed by atoms with van der Waals surface area (Å²) in [6, 6.07) is 9.00. The van der Waals surface area contributed by atoms with E-state index < -0.39 is 0 Å². The molecule has 1 aromatic heterocycles. The van der Waals surface area contributed by atoms with Crippen LogP contribution in [-0.2, 0) is 0 Å². The molecule has 1 atom stereocenters. The van der Waals surface area contributed by atoms with Crippen molar-refractivity contribution in [2.75, 3.05) is 0 Å². The number of halogens is 1. The molecule has 0 fully saturated rings. The fourth-order valence-corrected chi connectivity index (χ4v) is 1.89. The van der Waals surface area contributed by atoms with E-state index in [1.54, 1.807) is 4.68 Å². The molecule has 0 aliphatic carbocycles. The SMILES string of the molecule is Cc1ccn(C(C)C(=O)c2ccc(Br)cc2)n1. The van der Waals surface area contributed by atoms with E-state index in [1.807, 2.05) is 50.4 Å². The van der Waals surface area contributed by atoms with Crippen LogP contribution < -0.4 is 0 Å². The number of rotatable bonds is 3. The van der Waals surface area contributed by atoms with E-state index in [0.29, 0.717) is 5.56 Å². The molecule has 0 saturated carbocycles. The Morgan fingerprint density at radius 2 is 1.94 bits per heavy atom. The van der Waals surface area contributed by atoms with E-state index in [0.717, 1.165) is 10.2 Å². The summed E-state index contributed by atoms with van der Waals surface area (Å²) in [4.78, 5) is 12.2. The van der Waals surface area contributed by atoms with Gasteiger partial charge in [-0.3, -0.25) is 9.48 Å². The molecular weight excluding hydrogens is 280 g/mol. The van der Waals surface area contributed by atoms with E-state index in [9.17, 15) is 4.79 Å². The Hall–Kier alpha value is -1.42. The third-order valence-electron chi connectivity index (χ3n) is 2.65. The van der Waals surface area contributed by atoms with Crippen LogP contribution in [0.4, 0.5) is 0 Å². The molecular formula is C13H13BrN2O. The summed E-state index contributed by atoms with van der Waals surface area (Å²) in [6.07, 6.45) is 1.83. The van der Waals surface area contributed by atoms with Gasteiger partial charge in [-0.05, 0) is 32.0 Å². The average Bonchev–Trinajstić information content (AvgIpc) is 2.75. The smallest absolute Gasteiger partial charge is 0.187 e. The lowest BCUT2D eigenvalue weighted by Gasteiger charge is -2.11. The van der Waals surface area contributed by atoms with Gasteiger partial charge < -0.3 is 0 Å². The van der Waals surface area contributed by atoms with Crippen molar-refractivity contribution in [2.45, 2.75) is 19.9 Å². The zero-order chi connectivity index (χ0) is 12.4. The highest BCUT2D eigenvalue weighted by molar-refractivity contribution is 9.10. The zero-order valence-corrected chi connectivity index (χ0v) is 11.3. The van der Waals surface area contributed by atoms with Crippen molar-refractivity contribution < 1.29 is 4.79 Å². The van der Waals surface area contributed by atoms with Crippen molar-refractivity contribution in [1.82, 2.24) is 9.78 Å². The van der Waals surface area contributed by atoms with Gasteiger partial charge >= 0.3 is 0 Å². The van der Waals surface area contributed by atoms with E-state index >= 15 is 0 Å². The first-order valence-corrected chi connectivity index (χ1v) is 6.19. The van der Waals surface area contributed by atoms with Crippen molar-refractivity contribution in [3.63, 3.8) is 0 Å². The van der Waals surface area contributed by atoms with Crippen LogP contribution in [0.3, 0.4) is 0 Å². The Kier molecular flexibility index (Phi) is 3.43. The lowest BCUT2D eigenvalue weighted by molar-refractivity contribution is 0.0928. The number of hydrogen-bond acceptors (Lipinski definition) is 2. The van der Waals surface area contributed by atoms with Gasteiger partial charge in [0.25, 0.3) is 0 Å². The summed E-state index contributed by atoms with van der Waals surface area (Å²) in [7, 11) is 0. The molecule has 4 heteroatoms. The third kappa shape index (κ3) is 2.64. The molecule has 0 bridgehead atoms. The topological polar surface area (TPSA) is 34.9 Å². The monoisotopic (exact) mass is 292 g/mol. The van der Waals surface area contributed by atoms with Gasteiger partial charge in [0.1, 0.15) is 6.04 Å². The van der Waals surface area contributed by atoms with Gasteiger partial charge in [0.05, 0.1) is 5.69 Å². The first kappa shape index (κ1) is 12.0. The van der Waals surface area contributed by atoms with Gasteiger partial charge in [-0.2, -0.15) is 5.10 Å². The Bertz CT molecular complexity index is 531. The van der Waals surface area contributed by atoms with Crippen LogP contribution in [0.2, 0.25) is 0 Å². The van der Waals surface area contributed by atoms with Crippen molar-refractivity contribution in [1.29, 1.82) is 0 Å². The van der Waals surface area contributed by atoms with Crippen LogP contribution in [0.5, 0.6) is 0 Å². The number of Topliss-reactive ketones (excluding diaryl/α,β-unsaturated/α-hetero) is 1. The van der Waals surface area contributed by atoms with Gasteiger partial charge in [-0.25, -0.2) is 0 Å². The Morgan fingerprint density at radius 3 is 2.47 bits per heavy atom. The fraction of sp³-hybridized carbons (Fsp3) is 0.231. The number of hydrogen-bond donors (Lipinski definition) is 0. The summed E-state index contributed by atoms with van der Waals surface area (Å²) in [6.45, 7) is 3.77. The summed E-state index contributed by atoms with van der Waals surface area (Å²) in [5, 5.41) is 4.26. The zero-order valence-electron chi connectivity index (χ0n) is 9.72. The summed E-state index contributed by atoms with van der Waals surface area (Å²) in [5.74, 6) is 0.0700.